The van der Waals surface area contributed by atoms with E-state index >= 15 is 0 Å². The minimum Gasteiger partial charge on any atom is -0.397 e. The van der Waals surface area contributed by atoms with E-state index in [4.69, 9.17) is 5.11 Å². The van der Waals surface area contributed by atoms with Crippen LogP contribution < -0.4 is 5.32 Å². The van der Waals surface area contributed by atoms with Gasteiger partial charge in [0.2, 0.25) is 12.3 Å². The van der Waals surface area contributed by atoms with Gasteiger partial charge in [0.25, 0.3) is 0 Å². The van der Waals surface area contributed by atoms with Crippen molar-refractivity contribution in [2.24, 2.45) is 13.0 Å². The summed E-state index contributed by atoms with van der Waals surface area (Å²) in [5.74, 6) is -1.77. The molecule has 1 heterocycles. The minimum absolute atomic E-state index is 0.117. The standard InChI is InChI=1S/C14H18N2O.C13H16F2.C4H10.C2H6O/c1-14(2,3)13-8-10-7-11(15-9-17)5-6-12(10)16(13)4;1-12(7-8-12)11-5-3-10(4-6-11)9-13(2,14)15;1-4(2)3;1-2-3/h5-9H,1-4H3,(H,15,17);3-6H,7-9H2,1-2H3;4H,1-3H3;3H,2H2,1H3. The van der Waals surface area contributed by atoms with Crippen molar-refractivity contribution in [3.05, 3.63) is 65.4 Å². The van der Waals surface area contributed by atoms with Gasteiger partial charge in [-0.3, -0.25) is 4.79 Å². The molecule has 0 aliphatic heterocycles. The highest BCUT2D eigenvalue weighted by molar-refractivity contribution is 5.87. The maximum atomic E-state index is 12.8. The number of nitrogens with one attached hydrogen (secondary N) is 1. The third kappa shape index (κ3) is 11.9. The first-order chi connectivity index (χ1) is 18.0. The summed E-state index contributed by atoms with van der Waals surface area (Å²) in [6, 6.07) is 15.8. The van der Waals surface area contributed by atoms with Gasteiger partial charge in [-0.05, 0) is 73.4 Å². The van der Waals surface area contributed by atoms with Crippen LogP contribution in [0.5, 0.6) is 0 Å². The molecule has 0 radical (unpaired) electrons. The summed E-state index contributed by atoms with van der Waals surface area (Å²) in [6.45, 7) is 18.2. The SMILES string of the molecule is CC(C)C.CC(F)(F)Cc1ccc(C2(C)CC2)cc1.CCO.Cn1c(C(C)(C)C)cc2cc(NC=O)ccc21. The van der Waals surface area contributed by atoms with E-state index in [1.165, 1.54) is 29.6 Å². The molecule has 1 amide bonds. The molecule has 1 fully saturated rings. The smallest absolute Gasteiger partial charge is 0.249 e. The molecule has 3 aromatic rings. The third-order valence-corrected chi connectivity index (χ3v) is 6.20. The number of rotatable bonds is 5. The quantitative estimate of drug-likeness (QED) is 0.316. The van der Waals surface area contributed by atoms with Crippen molar-refractivity contribution in [2.75, 3.05) is 11.9 Å². The number of hydrogen-bond donors (Lipinski definition) is 2. The van der Waals surface area contributed by atoms with Crippen molar-refractivity contribution in [3.63, 3.8) is 0 Å². The number of aryl methyl sites for hydroxylation is 1. The van der Waals surface area contributed by atoms with E-state index in [1.807, 2.05) is 42.5 Å². The van der Waals surface area contributed by atoms with Gasteiger partial charge in [0.1, 0.15) is 0 Å². The van der Waals surface area contributed by atoms with Gasteiger partial charge in [0.05, 0.1) is 0 Å². The number of hydrogen-bond acceptors (Lipinski definition) is 2. The monoisotopic (exact) mass is 544 g/mol. The fourth-order valence-corrected chi connectivity index (χ4v) is 4.09. The fourth-order valence-electron chi connectivity index (χ4n) is 4.09. The van der Waals surface area contributed by atoms with Gasteiger partial charge in [-0.1, -0.05) is 72.7 Å². The number of carbonyl (C=O) groups is 1. The van der Waals surface area contributed by atoms with E-state index in [0.717, 1.165) is 29.5 Å². The van der Waals surface area contributed by atoms with E-state index < -0.39 is 5.92 Å². The summed E-state index contributed by atoms with van der Waals surface area (Å²) < 4.78 is 27.7. The molecule has 6 heteroatoms. The number of aliphatic hydroxyl groups excluding tert-OH is 1. The molecule has 4 rings (SSSR count). The highest BCUT2D eigenvalue weighted by Gasteiger charge is 2.38. The average molecular weight is 545 g/mol. The largest absolute Gasteiger partial charge is 0.397 e. The molecule has 0 unspecified atom stereocenters. The zero-order chi connectivity index (χ0) is 30.0. The number of alkyl halides is 2. The zero-order valence-electron chi connectivity index (χ0n) is 25.7. The van der Waals surface area contributed by atoms with Crippen molar-refractivity contribution in [2.45, 2.75) is 98.3 Å². The summed E-state index contributed by atoms with van der Waals surface area (Å²) >= 11 is 0. The summed E-state index contributed by atoms with van der Waals surface area (Å²) in [7, 11) is 2.08. The highest BCUT2D eigenvalue weighted by Crippen LogP contribution is 2.47. The Bertz CT molecular complexity index is 1150. The van der Waals surface area contributed by atoms with Crippen LogP contribution in [0.2, 0.25) is 0 Å². The molecule has 1 saturated carbocycles. The van der Waals surface area contributed by atoms with Crippen LogP contribution in [0.3, 0.4) is 0 Å². The molecule has 2 aromatic carbocycles. The van der Waals surface area contributed by atoms with Crippen LogP contribution in [-0.2, 0) is 29.1 Å². The summed E-state index contributed by atoms with van der Waals surface area (Å²) in [5, 5.41) is 11.4. The number of carbonyl (C=O) groups excluding carboxylic acids is 1. The van der Waals surface area contributed by atoms with Crippen molar-refractivity contribution >= 4 is 23.0 Å². The van der Waals surface area contributed by atoms with Crippen molar-refractivity contribution < 1.29 is 18.7 Å². The highest BCUT2D eigenvalue weighted by atomic mass is 19.3. The number of aliphatic hydroxyl groups is 1. The van der Waals surface area contributed by atoms with E-state index in [0.29, 0.717) is 11.8 Å². The van der Waals surface area contributed by atoms with Crippen molar-refractivity contribution in [3.8, 4) is 0 Å². The topological polar surface area (TPSA) is 54.3 Å². The van der Waals surface area contributed by atoms with Crippen LogP contribution in [-0.4, -0.2) is 28.6 Å². The second-order valence-electron chi connectivity index (χ2n) is 12.4. The molecule has 0 atom stereocenters. The van der Waals surface area contributed by atoms with Gasteiger partial charge in [-0.25, -0.2) is 8.78 Å². The Kier molecular flexibility index (Phi) is 12.8. The zero-order valence-corrected chi connectivity index (χ0v) is 25.7. The first kappa shape index (κ1) is 34.3. The van der Waals surface area contributed by atoms with Gasteiger partial charge in [0, 0.05) is 47.8 Å². The van der Waals surface area contributed by atoms with Crippen LogP contribution in [0.1, 0.15) is 92.0 Å². The molecule has 0 bridgehead atoms. The molecule has 4 nitrogen and oxygen atoms in total. The van der Waals surface area contributed by atoms with Gasteiger partial charge in [0.15, 0.2) is 0 Å². The van der Waals surface area contributed by atoms with Gasteiger partial charge < -0.3 is 15.0 Å². The molecule has 0 spiro atoms. The van der Waals surface area contributed by atoms with E-state index in [1.54, 1.807) is 6.92 Å². The summed E-state index contributed by atoms with van der Waals surface area (Å²) in [4.78, 5) is 10.4. The van der Waals surface area contributed by atoms with Crippen LogP contribution in [0.4, 0.5) is 14.5 Å². The molecular formula is C33H50F2N2O2. The van der Waals surface area contributed by atoms with Crippen LogP contribution in [0.15, 0.2) is 48.5 Å². The predicted octanol–water partition coefficient (Wildman–Crippen LogP) is 8.64. The summed E-state index contributed by atoms with van der Waals surface area (Å²) in [5.41, 5.74) is 5.75. The Balaban J connectivity index is 0.000000317. The second kappa shape index (κ2) is 14.6. The predicted molar refractivity (Wildman–Crippen MR) is 162 cm³/mol. The molecule has 218 valence electrons. The first-order valence-corrected chi connectivity index (χ1v) is 13.9. The Morgan fingerprint density at radius 3 is 1.95 bits per heavy atom. The average Bonchev–Trinajstić information content (AvgIpc) is 3.46. The van der Waals surface area contributed by atoms with Crippen molar-refractivity contribution in [1.29, 1.82) is 0 Å². The number of nitrogens with zero attached hydrogens (tertiary/aromatic N) is 1. The molecule has 1 aliphatic rings. The fraction of sp³-hybridized carbons (Fsp3) is 0.545. The number of fused-ring (bicyclic) bond motifs is 1. The lowest BCUT2D eigenvalue weighted by atomic mass is 9.92. The number of anilines is 1. The Hall–Kier alpha value is -2.73. The lowest BCUT2D eigenvalue weighted by Crippen LogP contribution is -2.15. The number of benzene rings is 2. The normalized spacial score (nSPS) is 13.8. The lowest BCUT2D eigenvalue weighted by Gasteiger charge is -2.19. The van der Waals surface area contributed by atoms with E-state index in [2.05, 4.69) is 71.5 Å². The van der Waals surface area contributed by atoms with Gasteiger partial charge >= 0.3 is 0 Å². The molecule has 1 aromatic heterocycles. The van der Waals surface area contributed by atoms with Crippen LogP contribution in [0, 0.1) is 5.92 Å². The molecule has 39 heavy (non-hydrogen) atoms. The van der Waals surface area contributed by atoms with Gasteiger partial charge in [-0.15, -0.1) is 0 Å². The first-order valence-electron chi connectivity index (χ1n) is 13.9. The van der Waals surface area contributed by atoms with Crippen LogP contribution in [0.25, 0.3) is 10.9 Å². The number of aromatic nitrogens is 1. The maximum Gasteiger partial charge on any atom is 0.249 e. The Morgan fingerprint density at radius 1 is 1.03 bits per heavy atom. The lowest BCUT2D eigenvalue weighted by molar-refractivity contribution is -0.105. The second-order valence-corrected chi connectivity index (χ2v) is 12.4. The number of halogens is 2. The Labute approximate surface area is 234 Å². The van der Waals surface area contributed by atoms with Gasteiger partial charge in [-0.2, -0.15) is 0 Å². The minimum atomic E-state index is -2.61. The number of amides is 1. The third-order valence-electron chi connectivity index (χ3n) is 6.20. The molecule has 1 aliphatic carbocycles. The maximum absolute atomic E-state index is 12.8. The molecular weight excluding hydrogens is 494 g/mol. The summed E-state index contributed by atoms with van der Waals surface area (Å²) in [6.07, 6.45) is 2.98. The molecule has 2 N–H and O–H groups in total. The Morgan fingerprint density at radius 2 is 1.54 bits per heavy atom. The van der Waals surface area contributed by atoms with E-state index in [-0.39, 0.29) is 18.4 Å². The van der Waals surface area contributed by atoms with Crippen molar-refractivity contribution in [1.82, 2.24) is 4.57 Å². The van der Waals surface area contributed by atoms with E-state index in [9.17, 15) is 13.6 Å². The molecule has 0 saturated heterocycles. The van der Waals surface area contributed by atoms with Crippen LogP contribution >= 0.6 is 0 Å².